The van der Waals surface area contributed by atoms with Gasteiger partial charge in [-0.2, -0.15) is 0 Å². The van der Waals surface area contributed by atoms with Crippen LogP contribution in [0.25, 0.3) is 0 Å². The van der Waals surface area contributed by atoms with E-state index in [1.165, 1.54) is 6.42 Å². The number of ether oxygens (including phenoxy) is 2. The molecule has 1 spiro atoms. The fourth-order valence-corrected chi connectivity index (χ4v) is 3.22. The summed E-state index contributed by atoms with van der Waals surface area (Å²) < 4.78 is 11.2. The first-order chi connectivity index (χ1) is 8.29. The Morgan fingerprint density at radius 3 is 2.82 bits per heavy atom. The molecule has 2 unspecified atom stereocenters. The number of carbonyl (C=O) groups excluding carboxylic acids is 1. The van der Waals surface area contributed by atoms with E-state index in [-0.39, 0.29) is 17.6 Å². The molecule has 0 aromatic rings. The molecule has 1 aliphatic carbocycles. The van der Waals surface area contributed by atoms with Gasteiger partial charge in [0.05, 0.1) is 24.9 Å². The van der Waals surface area contributed by atoms with Crippen LogP contribution in [-0.2, 0) is 14.3 Å². The Morgan fingerprint density at radius 1 is 1.29 bits per heavy atom. The minimum absolute atomic E-state index is 0.0636. The van der Waals surface area contributed by atoms with Gasteiger partial charge in [-0.3, -0.25) is 4.79 Å². The maximum Gasteiger partial charge on any atom is 0.155 e. The number of morpholine rings is 1. The van der Waals surface area contributed by atoms with Crippen molar-refractivity contribution in [3.05, 3.63) is 0 Å². The van der Waals surface area contributed by atoms with Gasteiger partial charge >= 0.3 is 0 Å². The first-order valence-corrected chi connectivity index (χ1v) is 6.78. The van der Waals surface area contributed by atoms with E-state index < -0.39 is 0 Å². The van der Waals surface area contributed by atoms with Crippen LogP contribution in [0, 0.1) is 5.92 Å². The first-order valence-electron chi connectivity index (χ1n) is 6.78. The van der Waals surface area contributed by atoms with Crippen molar-refractivity contribution in [1.29, 1.82) is 0 Å². The van der Waals surface area contributed by atoms with Gasteiger partial charge in [0.25, 0.3) is 0 Å². The predicted molar refractivity (Wildman–Crippen MR) is 62.9 cm³/mol. The monoisotopic (exact) mass is 239 g/mol. The molecule has 1 saturated carbocycles. The lowest BCUT2D eigenvalue weighted by Crippen LogP contribution is -2.53. The van der Waals surface area contributed by atoms with Crippen molar-refractivity contribution in [3.63, 3.8) is 0 Å². The highest BCUT2D eigenvalue weighted by atomic mass is 16.5. The molecule has 3 rings (SSSR count). The van der Waals surface area contributed by atoms with E-state index in [4.69, 9.17) is 9.47 Å². The molecule has 0 bridgehead atoms. The van der Waals surface area contributed by atoms with Crippen LogP contribution in [0.5, 0.6) is 0 Å². The van der Waals surface area contributed by atoms with Crippen LogP contribution in [0.3, 0.4) is 0 Å². The molecule has 4 heteroatoms. The summed E-state index contributed by atoms with van der Waals surface area (Å²) in [6.07, 6.45) is 5.37. The second-order valence-corrected chi connectivity index (χ2v) is 5.56. The van der Waals surface area contributed by atoms with Crippen LogP contribution >= 0.6 is 0 Å². The van der Waals surface area contributed by atoms with Crippen LogP contribution in [0.4, 0.5) is 0 Å². The summed E-state index contributed by atoms with van der Waals surface area (Å²) in [5.74, 6) is 0.530. The number of ketones is 1. The highest BCUT2D eigenvalue weighted by Crippen LogP contribution is 2.44. The number of Topliss-reactive ketones (excluding diaryl/α,β-unsaturated/α-hetero) is 1. The summed E-state index contributed by atoms with van der Waals surface area (Å²) in [7, 11) is 0. The summed E-state index contributed by atoms with van der Waals surface area (Å²) in [4.78, 5) is 12.4. The van der Waals surface area contributed by atoms with Crippen molar-refractivity contribution in [3.8, 4) is 0 Å². The van der Waals surface area contributed by atoms with Crippen LogP contribution < -0.4 is 5.32 Å². The summed E-state index contributed by atoms with van der Waals surface area (Å²) in [5.41, 5.74) is 0.0636. The maximum absolute atomic E-state index is 12.4. The fourth-order valence-electron chi connectivity index (χ4n) is 3.22. The largest absolute Gasteiger partial charge is 0.378 e. The minimum Gasteiger partial charge on any atom is -0.378 e. The standard InChI is InChI=1S/C13H21NO3/c15-12(11-9-16-7-5-14-11)10-2-6-17-13(8-10)3-1-4-13/h10-11,14H,1-9H2. The maximum atomic E-state index is 12.4. The van der Waals surface area contributed by atoms with Gasteiger partial charge in [-0.05, 0) is 32.1 Å². The molecule has 3 fully saturated rings. The molecule has 1 N–H and O–H groups in total. The molecule has 2 aliphatic heterocycles. The van der Waals surface area contributed by atoms with Gasteiger partial charge in [0.1, 0.15) is 0 Å². The Labute approximate surface area is 102 Å². The van der Waals surface area contributed by atoms with E-state index in [9.17, 15) is 4.79 Å². The third-order valence-corrected chi connectivity index (χ3v) is 4.43. The van der Waals surface area contributed by atoms with Crippen molar-refractivity contribution in [2.24, 2.45) is 5.92 Å². The SMILES string of the molecule is O=C(C1CCOC2(CCC2)C1)C1COCCN1. The average Bonchev–Trinajstić information content (AvgIpc) is 2.37. The second kappa shape index (κ2) is 4.67. The average molecular weight is 239 g/mol. The van der Waals surface area contributed by atoms with E-state index in [1.807, 2.05) is 0 Å². The summed E-state index contributed by atoms with van der Waals surface area (Å²) in [5, 5.41) is 3.26. The van der Waals surface area contributed by atoms with E-state index in [0.29, 0.717) is 12.4 Å². The zero-order valence-electron chi connectivity index (χ0n) is 10.2. The lowest BCUT2D eigenvalue weighted by Gasteiger charge is -2.47. The Morgan fingerprint density at radius 2 is 2.18 bits per heavy atom. The molecule has 2 heterocycles. The summed E-state index contributed by atoms with van der Waals surface area (Å²) in [6, 6.07) is -0.0797. The Bertz CT molecular complexity index is 295. The summed E-state index contributed by atoms with van der Waals surface area (Å²) in [6.45, 7) is 2.82. The van der Waals surface area contributed by atoms with Crippen LogP contribution in [0.15, 0.2) is 0 Å². The van der Waals surface area contributed by atoms with Crippen LogP contribution in [-0.4, -0.2) is 43.8 Å². The lowest BCUT2D eigenvalue weighted by molar-refractivity contribution is -0.158. The molecule has 0 amide bonds. The molecule has 4 nitrogen and oxygen atoms in total. The molecule has 17 heavy (non-hydrogen) atoms. The quantitative estimate of drug-likeness (QED) is 0.777. The highest BCUT2D eigenvalue weighted by molar-refractivity contribution is 5.86. The van der Waals surface area contributed by atoms with Gasteiger partial charge in [0, 0.05) is 19.1 Å². The van der Waals surface area contributed by atoms with Gasteiger partial charge < -0.3 is 14.8 Å². The zero-order valence-corrected chi connectivity index (χ0v) is 10.2. The molecule has 2 saturated heterocycles. The Balaban J connectivity index is 1.60. The number of nitrogens with one attached hydrogen (secondary N) is 1. The summed E-state index contributed by atoms with van der Waals surface area (Å²) >= 11 is 0. The van der Waals surface area contributed by atoms with Gasteiger partial charge in [-0.15, -0.1) is 0 Å². The molecule has 3 aliphatic rings. The zero-order chi connectivity index (χ0) is 11.7. The van der Waals surface area contributed by atoms with E-state index in [1.54, 1.807) is 0 Å². The number of hydrogen-bond donors (Lipinski definition) is 1. The van der Waals surface area contributed by atoms with E-state index in [2.05, 4.69) is 5.32 Å². The van der Waals surface area contributed by atoms with Crippen LogP contribution in [0.1, 0.15) is 32.1 Å². The predicted octanol–water partition coefficient (Wildman–Crippen LogP) is 0.893. The third kappa shape index (κ3) is 2.26. The van der Waals surface area contributed by atoms with Gasteiger partial charge in [0.15, 0.2) is 5.78 Å². The number of hydrogen-bond acceptors (Lipinski definition) is 4. The van der Waals surface area contributed by atoms with Crippen molar-refractivity contribution in [2.45, 2.75) is 43.7 Å². The van der Waals surface area contributed by atoms with Crippen molar-refractivity contribution >= 4 is 5.78 Å². The van der Waals surface area contributed by atoms with Gasteiger partial charge in [-0.1, -0.05) is 0 Å². The molecular weight excluding hydrogens is 218 g/mol. The number of carbonyl (C=O) groups is 1. The van der Waals surface area contributed by atoms with Crippen molar-refractivity contribution in [1.82, 2.24) is 5.32 Å². The topological polar surface area (TPSA) is 47.6 Å². The Hall–Kier alpha value is -0.450. The number of rotatable bonds is 2. The van der Waals surface area contributed by atoms with E-state index in [0.717, 1.165) is 45.4 Å². The van der Waals surface area contributed by atoms with Crippen molar-refractivity contribution in [2.75, 3.05) is 26.4 Å². The third-order valence-electron chi connectivity index (χ3n) is 4.43. The molecule has 2 atom stereocenters. The highest BCUT2D eigenvalue weighted by Gasteiger charge is 2.45. The fraction of sp³-hybridized carbons (Fsp3) is 0.923. The molecular formula is C13H21NO3. The first kappa shape index (κ1) is 11.6. The van der Waals surface area contributed by atoms with Crippen molar-refractivity contribution < 1.29 is 14.3 Å². The molecule has 0 radical (unpaired) electrons. The molecule has 0 aromatic carbocycles. The van der Waals surface area contributed by atoms with Gasteiger partial charge in [-0.25, -0.2) is 0 Å². The molecule has 0 aromatic heterocycles. The Kier molecular flexibility index (Phi) is 3.19. The lowest BCUT2D eigenvalue weighted by atomic mass is 9.70. The minimum atomic E-state index is -0.0797. The smallest absolute Gasteiger partial charge is 0.155 e. The molecule has 96 valence electrons. The van der Waals surface area contributed by atoms with Gasteiger partial charge in [0.2, 0.25) is 0 Å². The normalized spacial score (nSPS) is 36.5. The second-order valence-electron chi connectivity index (χ2n) is 5.56. The van der Waals surface area contributed by atoms with E-state index >= 15 is 0 Å². The van der Waals surface area contributed by atoms with Crippen LogP contribution in [0.2, 0.25) is 0 Å².